The summed E-state index contributed by atoms with van der Waals surface area (Å²) in [4.78, 5) is 25.0. The van der Waals surface area contributed by atoms with Crippen molar-refractivity contribution in [3.05, 3.63) is 0 Å². The molecule has 8 aliphatic rings. The molecule has 150 valence electrons. The molecule has 0 saturated heterocycles. The molecular formula is C24H28Cl2O2. The van der Waals surface area contributed by atoms with E-state index < -0.39 is 10.8 Å². The summed E-state index contributed by atoms with van der Waals surface area (Å²) in [5.41, 5.74) is -1.20. The Kier molecular flexibility index (Phi) is 3.64. The summed E-state index contributed by atoms with van der Waals surface area (Å²) in [7, 11) is 0. The summed E-state index contributed by atoms with van der Waals surface area (Å²) in [6, 6.07) is 0. The van der Waals surface area contributed by atoms with Gasteiger partial charge in [-0.1, -0.05) is 11.8 Å². The van der Waals surface area contributed by atoms with E-state index in [2.05, 4.69) is 11.8 Å². The second kappa shape index (κ2) is 5.59. The van der Waals surface area contributed by atoms with Crippen LogP contribution in [0.25, 0.3) is 0 Å². The fourth-order valence-electron chi connectivity index (χ4n) is 9.54. The molecule has 4 heteroatoms. The molecule has 8 rings (SSSR count). The number of halogens is 2. The summed E-state index contributed by atoms with van der Waals surface area (Å²) >= 11 is 12.3. The lowest BCUT2D eigenvalue weighted by Crippen LogP contribution is -2.60. The first kappa shape index (κ1) is 18.3. The van der Waals surface area contributed by atoms with E-state index in [-0.39, 0.29) is 21.3 Å². The van der Waals surface area contributed by atoms with E-state index in [4.69, 9.17) is 23.2 Å². The van der Waals surface area contributed by atoms with Crippen molar-refractivity contribution in [2.24, 2.45) is 45.3 Å². The largest absolute Gasteiger partial charge is 0.281 e. The molecule has 28 heavy (non-hydrogen) atoms. The lowest BCUT2D eigenvalue weighted by atomic mass is 9.40. The Morgan fingerprint density at radius 3 is 1.50 bits per heavy atom. The zero-order valence-corrected chi connectivity index (χ0v) is 17.9. The molecule has 8 bridgehead atoms. The minimum Gasteiger partial charge on any atom is -0.281 e. The minimum absolute atomic E-state index is 0.203. The van der Waals surface area contributed by atoms with Crippen LogP contribution >= 0.6 is 23.2 Å². The van der Waals surface area contributed by atoms with E-state index in [1.807, 2.05) is 0 Å². The van der Waals surface area contributed by atoms with Crippen molar-refractivity contribution in [1.29, 1.82) is 0 Å². The summed E-state index contributed by atoms with van der Waals surface area (Å²) in [5.74, 6) is 10.6. The Hall–Kier alpha value is -0.520. The van der Waals surface area contributed by atoms with Gasteiger partial charge in [0.1, 0.15) is 0 Å². The van der Waals surface area contributed by atoms with E-state index in [1.54, 1.807) is 0 Å². The highest BCUT2D eigenvalue weighted by atomic mass is 35.5. The molecule has 0 aromatic heterocycles. The molecule has 0 spiro atoms. The van der Waals surface area contributed by atoms with Crippen LogP contribution in [0.5, 0.6) is 0 Å². The first-order valence-corrected chi connectivity index (χ1v) is 11.9. The summed E-state index contributed by atoms with van der Waals surface area (Å²) in [5, 5.41) is -0.528. The van der Waals surface area contributed by atoms with Gasteiger partial charge in [0.2, 0.25) is 10.5 Å². The molecule has 0 N–H and O–H groups in total. The number of carbonyl (C=O) groups is 2. The lowest BCUT2D eigenvalue weighted by Gasteiger charge is -2.63. The Morgan fingerprint density at radius 1 is 0.607 bits per heavy atom. The van der Waals surface area contributed by atoms with Gasteiger partial charge in [-0.2, -0.15) is 0 Å². The van der Waals surface area contributed by atoms with Crippen LogP contribution < -0.4 is 0 Å². The van der Waals surface area contributed by atoms with Crippen LogP contribution in [-0.4, -0.2) is 10.5 Å². The van der Waals surface area contributed by atoms with Crippen molar-refractivity contribution in [1.82, 2.24) is 0 Å². The van der Waals surface area contributed by atoms with Crippen molar-refractivity contribution in [2.75, 3.05) is 0 Å². The predicted molar refractivity (Wildman–Crippen MR) is 109 cm³/mol. The third-order valence-electron chi connectivity index (χ3n) is 9.53. The van der Waals surface area contributed by atoms with E-state index in [9.17, 15) is 9.59 Å². The van der Waals surface area contributed by atoms with Crippen LogP contribution in [0.15, 0.2) is 0 Å². The molecule has 2 nitrogen and oxygen atoms in total. The molecule has 0 heterocycles. The van der Waals surface area contributed by atoms with Crippen molar-refractivity contribution in [3.63, 3.8) is 0 Å². The number of hydrogen-bond acceptors (Lipinski definition) is 2. The molecule has 8 aliphatic carbocycles. The van der Waals surface area contributed by atoms with Crippen LogP contribution in [0.4, 0.5) is 0 Å². The second-order valence-corrected chi connectivity index (χ2v) is 12.5. The molecule has 0 aromatic carbocycles. The fourth-order valence-corrected chi connectivity index (χ4v) is 9.97. The van der Waals surface area contributed by atoms with Gasteiger partial charge in [0.15, 0.2) is 0 Å². The Morgan fingerprint density at radius 2 is 1.04 bits per heavy atom. The van der Waals surface area contributed by atoms with Crippen LogP contribution in [0.3, 0.4) is 0 Å². The maximum atomic E-state index is 12.5. The van der Waals surface area contributed by atoms with Gasteiger partial charge in [0.25, 0.3) is 0 Å². The first-order valence-electron chi connectivity index (χ1n) is 11.2. The third-order valence-corrected chi connectivity index (χ3v) is 10.3. The van der Waals surface area contributed by atoms with Crippen molar-refractivity contribution in [2.45, 2.75) is 77.0 Å². The SMILES string of the molecule is O=C(Cl)C12CC3CC(C#CC45CC6CC(CC(C6)C4)C5)(C1)CC(C(=O)Cl)(C3)C2. The normalized spacial score (nSPS) is 55.1. The van der Waals surface area contributed by atoms with Crippen molar-refractivity contribution in [3.8, 4) is 11.8 Å². The summed E-state index contributed by atoms with van der Waals surface area (Å²) in [6.07, 6.45) is 12.7. The fraction of sp³-hybridized carbons (Fsp3) is 0.833. The van der Waals surface area contributed by atoms with Crippen LogP contribution in [-0.2, 0) is 9.59 Å². The van der Waals surface area contributed by atoms with Gasteiger partial charge >= 0.3 is 0 Å². The molecule has 0 amide bonds. The van der Waals surface area contributed by atoms with Gasteiger partial charge in [-0.3, -0.25) is 9.59 Å². The van der Waals surface area contributed by atoms with E-state index in [0.29, 0.717) is 12.3 Å². The highest BCUT2D eigenvalue weighted by Gasteiger charge is 2.67. The minimum atomic E-state index is -0.582. The van der Waals surface area contributed by atoms with Gasteiger partial charge < -0.3 is 0 Å². The average Bonchev–Trinajstić information content (AvgIpc) is 2.58. The number of rotatable bonds is 2. The summed E-state index contributed by atoms with van der Waals surface area (Å²) in [6.45, 7) is 0. The zero-order valence-electron chi connectivity index (χ0n) is 16.4. The monoisotopic (exact) mass is 418 g/mol. The highest BCUT2D eigenvalue weighted by Crippen LogP contribution is 2.71. The summed E-state index contributed by atoms with van der Waals surface area (Å²) < 4.78 is 0. The third kappa shape index (κ3) is 2.48. The Bertz CT molecular complexity index is 768. The van der Waals surface area contributed by atoms with E-state index >= 15 is 0 Å². The molecular weight excluding hydrogens is 391 g/mol. The highest BCUT2D eigenvalue weighted by molar-refractivity contribution is 6.66. The van der Waals surface area contributed by atoms with Gasteiger partial charge in [-0.25, -0.2) is 0 Å². The lowest BCUT2D eigenvalue weighted by molar-refractivity contribution is -0.163. The number of hydrogen-bond donors (Lipinski definition) is 0. The first-order chi connectivity index (χ1) is 13.2. The number of carbonyl (C=O) groups excluding carboxylic acids is 2. The van der Waals surface area contributed by atoms with Gasteiger partial charge in [-0.05, 0) is 124 Å². The molecule has 2 unspecified atom stereocenters. The predicted octanol–water partition coefficient (Wildman–Crippen LogP) is 5.69. The van der Waals surface area contributed by atoms with Gasteiger partial charge in [0.05, 0.1) is 0 Å². The molecule has 2 atom stereocenters. The standard InChI is InChI=1S/C24H28Cl2O2/c25-19(27)23-10-18-9-22(12-23,13-24(11-18,14-23)20(26)28)2-1-21-6-15-3-16(7-21)5-17(4-15)8-21/h15-18H,3-14H2. The van der Waals surface area contributed by atoms with Crippen LogP contribution in [0, 0.1) is 57.2 Å². The Labute approximate surface area is 177 Å². The van der Waals surface area contributed by atoms with Gasteiger partial charge in [-0.15, -0.1) is 0 Å². The van der Waals surface area contributed by atoms with E-state index in [0.717, 1.165) is 49.9 Å². The topological polar surface area (TPSA) is 34.1 Å². The maximum absolute atomic E-state index is 12.5. The van der Waals surface area contributed by atoms with Crippen molar-refractivity contribution >= 4 is 33.7 Å². The zero-order chi connectivity index (χ0) is 19.4. The average molecular weight is 419 g/mol. The van der Waals surface area contributed by atoms with Crippen molar-refractivity contribution < 1.29 is 9.59 Å². The smallest absolute Gasteiger partial charge is 0.227 e. The molecule has 8 fully saturated rings. The van der Waals surface area contributed by atoms with E-state index in [1.165, 1.54) is 38.5 Å². The van der Waals surface area contributed by atoms with Crippen LogP contribution in [0.2, 0.25) is 0 Å². The maximum Gasteiger partial charge on any atom is 0.227 e. The molecule has 0 radical (unpaired) electrons. The van der Waals surface area contributed by atoms with Gasteiger partial charge in [0, 0.05) is 21.7 Å². The quantitative estimate of drug-likeness (QED) is 0.425. The molecule has 0 aliphatic heterocycles. The Balaban J connectivity index is 1.39. The molecule has 8 saturated carbocycles. The molecule has 0 aromatic rings. The second-order valence-electron chi connectivity index (χ2n) is 11.8. The van der Waals surface area contributed by atoms with Crippen LogP contribution in [0.1, 0.15) is 77.0 Å².